The van der Waals surface area contributed by atoms with E-state index in [9.17, 15) is 9.18 Å². The molecule has 4 aromatic rings. The van der Waals surface area contributed by atoms with Gasteiger partial charge >= 0.3 is 0 Å². The van der Waals surface area contributed by atoms with E-state index in [-0.39, 0.29) is 22.8 Å². The third kappa shape index (κ3) is 6.32. The Morgan fingerprint density at radius 2 is 1.89 bits per heavy atom. The van der Waals surface area contributed by atoms with Crippen LogP contribution < -0.4 is 15.8 Å². The lowest BCUT2D eigenvalue weighted by Crippen LogP contribution is -2.15. The molecule has 7 nitrogen and oxygen atoms in total. The number of halogens is 1. The van der Waals surface area contributed by atoms with E-state index in [1.54, 1.807) is 30.6 Å². The highest BCUT2D eigenvalue weighted by atomic mass is 19.1. The zero-order valence-electron chi connectivity index (χ0n) is 21.9. The van der Waals surface area contributed by atoms with Gasteiger partial charge in [0, 0.05) is 24.2 Å². The number of carbonyl (C=O) groups is 1. The van der Waals surface area contributed by atoms with Crippen molar-refractivity contribution in [3.05, 3.63) is 84.2 Å². The van der Waals surface area contributed by atoms with Gasteiger partial charge in [-0.2, -0.15) is 0 Å². The summed E-state index contributed by atoms with van der Waals surface area (Å²) in [5.41, 5.74) is 10.1. The number of aryl methyl sites for hydroxylation is 1. The lowest BCUT2D eigenvalue weighted by molar-refractivity contribution is 0.102. The third-order valence-corrected chi connectivity index (χ3v) is 6.60. The number of nitrogens with two attached hydrogens (primary N) is 1. The standard InChI is InChI=1S/C24H20FN5O2.C6H12/c1-14-8-10-27-13-16(14)15-6-7-19(18(26)12-15)30-24(31)20-9-11-28-23(29-20)22-17(25)4-3-5-21(22)32-2;1-6-4-2-3-5-6/h3-13H,26H2,1-2H3,(H,30,31);6H,2-5H2,1H3. The number of methoxy groups -OCH3 is 1. The van der Waals surface area contributed by atoms with Crippen LogP contribution in [0.5, 0.6) is 5.75 Å². The summed E-state index contributed by atoms with van der Waals surface area (Å²) in [7, 11) is 1.42. The zero-order valence-corrected chi connectivity index (χ0v) is 21.9. The topological polar surface area (TPSA) is 103 Å². The number of aromatic nitrogens is 3. The number of benzene rings is 2. The first kappa shape index (κ1) is 26.7. The Morgan fingerprint density at radius 1 is 1.11 bits per heavy atom. The molecule has 0 saturated heterocycles. The molecule has 0 unspecified atom stereocenters. The van der Waals surface area contributed by atoms with Crippen molar-refractivity contribution in [3.63, 3.8) is 0 Å². The number of rotatable bonds is 5. The summed E-state index contributed by atoms with van der Waals surface area (Å²) in [5.74, 6) is 0.314. The van der Waals surface area contributed by atoms with E-state index in [2.05, 4.69) is 27.2 Å². The second kappa shape index (κ2) is 12.3. The van der Waals surface area contributed by atoms with Gasteiger partial charge in [0.15, 0.2) is 5.82 Å². The molecular weight excluding hydrogens is 481 g/mol. The highest BCUT2D eigenvalue weighted by Gasteiger charge is 2.17. The summed E-state index contributed by atoms with van der Waals surface area (Å²) in [6.07, 6.45) is 10.8. The van der Waals surface area contributed by atoms with Crippen LogP contribution in [0.2, 0.25) is 0 Å². The average molecular weight is 514 g/mol. The fraction of sp³-hybridized carbons (Fsp3) is 0.267. The summed E-state index contributed by atoms with van der Waals surface area (Å²) in [6.45, 7) is 4.33. The molecule has 0 aliphatic heterocycles. The van der Waals surface area contributed by atoms with Crippen molar-refractivity contribution < 1.29 is 13.9 Å². The number of nitrogens with one attached hydrogen (secondary N) is 1. The van der Waals surface area contributed by atoms with Gasteiger partial charge in [-0.1, -0.05) is 44.7 Å². The fourth-order valence-corrected chi connectivity index (χ4v) is 4.42. The number of hydrogen-bond donors (Lipinski definition) is 2. The van der Waals surface area contributed by atoms with Crippen LogP contribution in [0.25, 0.3) is 22.5 Å². The molecule has 2 heterocycles. The van der Waals surface area contributed by atoms with Crippen LogP contribution in [-0.4, -0.2) is 28.0 Å². The fourth-order valence-electron chi connectivity index (χ4n) is 4.42. The number of pyridine rings is 1. The Bertz CT molecular complexity index is 1420. The van der Waals surface area contributed by atoms with Gasteiger partial charge < -0.3 is 15.8 Å². The van der Waals surface area contributed by atoms with Gasteiger partial charge in [-0.15, -0.1) is 0 Å². The van der Waals surface area contributed by atoms with Crippen LogP contribution in [0.3, 0.4) is 0 Å². The Morgan fingerprint density at radius 3 is 2.55 bits per heavy atom. The molecule has 1 amide bonds. The molecule has 1 aliphatic rings. The lowest BCUT2D eigenvalue weighted by atomic mass is 10.0. The smallest absolute Gasteiger partial charge is 0.274 e. The third-order valence-electron chi connectivity index (χ3n) is 6.60. The van der Waals surface area contributed by atoms with Crippen LogP contribution in [0, 0.1) is 18.7 Å². The van der Waals surface area contributed by atoms with E-state index in [4.69, 9.17) is 10.5 Å². The van der Waals surface area contributed by atoms with Crippen molar-refractivity contribution in [1.29, 1.82) is 0 Å². The van der Waals surface area contributed by atoms with Crippen LogP contribution in [-0.2, 0) is 0 Å². The average Bonchev–Trinajstić information content (AvgIpc) is 3.41. The molecule has 196 valence electrons. The molecule has 8 heteroatoms. The molecule has 1 saturated carbocycles. The number of ether oxygens (including phenoxy) is 1. The predicted molar refractivity (Wildman–Crippen MR) is 148 cm³/mol. The molecule has 2 aromatic carbocycles. The molecule has 0 bridgehead atoms. The van der Waals surface area contributed by atoms with E-state index in [0.717, 1.165) is 22.6 Å². The highest BCUT2D eigenvalue weighted by molar-refractivity contribution is 6.05. The molecule has 2 aromatic heterocycles. The highest BCUT2D eigenvalue weighted by Crippen LogP contribution is 2.31. The van der Waals surface area contributed by atoms with Crippen LogP contribution in [0.1, 0.15) is 48.7 Å². The van der Waals surface area contributed by atoms with Crippen LogP contribution in [0.15, 0.2) is 67.1 Å². The summed E-state index contributed by atoms with van der Waals surface area (Å²) < 4.78 is 19.6. The first-order valence-electron chi connectivity index (χ1n) is 12.6. The van der Waals surface area contributed by atoms with Gasteiger partial charge in [-0.25, -0.2) is 14.4 Å². The van der Waals surface area contributed by atoms with Crippen molar-refractivity contribution in [1.82, 2.24) is 15.0 Å². The van der Waals surface area contributed by atoms with Gasteiger partial charge in [0.25, 0.3) is 5.91 Å². The van der Waals surface area contributed by atoms with Crippen molar-refractivity contribution in [2.75, 3.05) is 18.2 Å². The molecule has 5 rings (SSSR count). The van der Waals surface area contributed by atoms with E-state index in [0.29, 0.717) is 11.4 Å². The summed E-state index contributed by atoms with van der Waals surface area (Å²) in [6, 6.07) is 13.1. The number of hydrogen-bond acceptors (Lipinski definition) is 6. The maximum atomic E-state index is 14.4. The van der Waals surface area contributed by atoms with Gasteiger partial charge in [0.05, 0.1) is 24.0 Å². The van der Waals surface area contributed by atoms with E-state index in [1.807, 2.05) is 19.1 Å². The maximum Gasteiger partial charge on any atom is 0.274 e. The Balaban J connectivity index is 0.000000494. The van der Waals surface area contributed by atoms with Gasteiger partial charge in [-0.05, 0) is 60.4 Å². The normalized spacial score (nSPS) is 12.9. The Kier molecular flexibility index (Phi) is 8.63. The predicted octanol–water partition coefficient (Wildman–Crippen LogP) is 6.69. The minimum Gasteiger partial charge on any atom is -0.496 e. The monoisotopic (exact) mass is 513 g/mol. The minimum absolute atomic E-state index is 0.0444. The maximum absolute atomic E-state index is 14.4. The molecule has 3 N–H and O–H groups in total. The largest absolute Gasteiger partial charge is 0.496 e. The summed E-state index contributed by atoms with van der Waals surface area (Å²) >= 11 is 0. The van der Waals surface area contributed by atoms with Gasteiger partial charge in [0.1, 0.15) is 17.3 Å². The molecule has 0 atom stereocenters. The molecule has 0 spiro atoms. The van der Waals surface area contributed by atoms with E-state index in [1.165, 1.54) is 57.2 Å². The van der Waals surface area contributed by atoms with Crippen LogP contribution >= 0.6 is 0 Å². The number of amides is 1. The summed E-state index contributed by atoms with van der Waals surface area (Å²) in [5, 5.41) is 2.75. The van der Waals surface area contributed by atoms with Crippen molar-refractivity contribution in [2.24, 2.45) is 5.92 Å². The van der Waals surface area contributed by atoms with Crippen molar-refractivity contribution >= 4 is 17.3 Å². The number of nitrogens with zero attached hydrogens (tertiary/aromatic N) is 3. The Hall–Kier alpha value is -4.33. The first-order valence-corrected chi connectivity index (χ1v) is 12.6. The first-order chi connectivity index (χ1) is 18.4. The SMILES string of the molecule is CC1CCCC1.COc1cccc(F)c1-c1nccc(C(=O)Nc2ccc(-c3cnccc3C)cc2N)n1. The number of anilines is 2. The van der Waals surface area contributed by atoms with Crippen LogP contribution in [0.4, 0.5) is 15.8 Å². The second-order valence-electron chi connectivity index (χ2n) is 9.42. The van der Waals surface area contributed by atoms with Gasteiger partial charge in [0.2, 0.25) is 0 Å². The number of carbonyl (C=O) groups excluding carboxylic acids is 1. The van der Waals surface area contributed by atoms with E-state index < -0.39 is 11.7 Å². The molecule has 38 heavy (non-hydrogen) atoms. The molecule has 0 radical (unpaired) electrons. The minimum atomic E-state index is -0.549. The second-order valence-corrected chi connectivity index (χ2v) is 9.42. The molecule has 1 fully saturated rings. The van der Waals surface area contributed by atoms with E-state index >= 15 is 0 Å². The summed E-state index contributed by atoms with van der Waals surface area (Å²) in [4.78, 5) is 25.3. The zero-order chi connectivity index (χ0) is 27.1. The molecular formula is C30H32FN5O2. The Labute approximate surface area is 222 Å². The van der Waals surface area contributed by atoms with Gasteiger partial charge in [-0.3, -0.25) is 9.78 Å². The van der Waals surface area contributed by atoms with Crippen molar-refractivity contribution in [3.8, 4) is 28.3 Å². The quantitative estimate of drug-likeness (QED) is 0.288. The lowest BCUT2D eigenvalue weighted by Gasteiger charge is -2.12. The number of nitrogen functional groups attached to an aromatic ring is 1. The molecule has 1 aliphatic carbocycles. The van der Waals surface area contributed by atoms with Crippen molar-refractivity contribution in [2.45, 2.75) is 39.5 Å².